The minimum Gasteiger partial charge on any atom is -0.286 e. The van der Waals surface area contributed by atoms with Gasteiger partial charge in [0.25, 0.3) is 0 Å². The van der Waals surface area contributed by atoms with E-state index in [1.165, 1.54) is 0 Å². The van der Waals surface area contributed by atoms with Gasteiger partial charge in [-0.25, -0.2) is 13.1 Å². The molecule has 0 radical (unpaired) electrons. The van der Waals surface area contributed by atoms with Gasteiger partial charge in [-0.1, -0.05) is 19.4 Å². The van der Waals surface area contributed by atoms with Crippen LogP contribution in [-0.2, 0) is 16.4 Å². The molecule has 0 amide bonds. The third-order valence-corrected chi connectivity index (χ3v) is 4.52. The van der Waals surface area contributed by atoms with Crippen molar-refractivity contribution in [2.24, 2.45) is 0 Å². The first kappa shape index (κ1) is 14.9. The fourth-order valence-electron chi connectivity index (χ4n) is 1.94. The number of unbranched alkanes of at least 4 members (excludes halogenated alkanes) is 1. The number of aryl methyl sites for hydroxylation is 1. The van der Waals surface area contributed by atoms with E-state index in [9.17, 15) is 8.42 Å². The van der Waals surface area contributed by atoms with Gasteiger partial charge in [0.05, 0.1) is 5.75 Å². The number of fused-ring (bicyclic) bond motifs is 1. The molecule has 2 rings (SSSR count). The number of hydrogen-bond donors (Lipinski definition) is 1. The van der Waals surface area contributed by atoms with Gasteiger partial charge in [-0.05, 0) is 25.0 Å². The van der Waals surface area contributed by atoms with Gasteiger partial charge in [0, 0.05) is 19.2 Å². The molecule has 0 aliphatic heterocycles. The molecule has 2 heterocycles. The van der Waals surface area contributed by atoms with E-state index in [2.05, 4.69) is 14.9 Å². The lowest BCUT2D eigenvalue weighted by molar-refractivity contribution is 0.574. The van der Waals surface area contributed by atoms with Gasteiger partial charge in [0.2, 0.25) is 10.0 Å². The van der Waals surface area contributed by atoms with Gasteiger partial charge >= 0.3 is 0 Å². The molecule has 2 aromatic rings. The summed E-state index contributed by atoms with van der Waals surface area (Å²) in [5.41, 5.74) is 0.811. The molecular weight excluding hydrogens is 276 g/mol. The molecule has 0 aromatic carbocycles. The van der Waals surface area contributed by atoms with Gasteiger partial charge in [-0.2, -0.15) is 0 Å². The average molecular weight is 296 g/mol. The summed E-state index contributed by atoms with van der Waals surface area (Å²) in [4.78, 5) is 0. The van der Waals surface area contributed by atoms with Crippen molar-refractivity contribution >= 4 is 15.7 Å². The van der Waals surface area contributed by atoms with E-state index in [-0.39, 0.29) is 5.75 Å². The van der Waals surface area contributed by atoms with Crippen LogP contribution in [0.15, 0.2) is 24.4 Å². The SMILES string of the molecule is CCCCS(=O)(=O)NCCCc1nnc2ccccn12. The van der Waals surface area contributed by atoms with E-state index < -0.39 is 10.0 Å². The summed E-state index contributed by atoms with van der Waals surface area (Å²) in [6.45, 7) is 2.42. The van der Waals surface area contributed by atoms with Gasteiger partial charge < -0.3 is 0 Å². The largest absolute Gasteiger partial charge is 0.286 e. The first-order valence-electron chi connectivity index (χ1n) is 6.88. The molecule has 0 atom stereocenters. The summed E-state index contributed by atoms with van der Waals surface area (Å²) in [7, 11) is -3.12. The normalized spacial score (nSPS) is 12.1. The Morgan fingerprint density at radius 3 is 2.90 bits per heavy atom. The fraction of sp³-hybridized carbons (Fsp3) is 0.538. The van der Waals surface area contributed by atoms with Crippen molar-refractivity contribution in [2.75, 3.05) is 12.3 Å². The van der Waals surface area contributed by atoms with E-state index in [1.807, 2.05) is 35.7 Å². The molecule has 0 spiro atoms. The van der Waals surface area contributed by atoms with Crippen LogP contribution in [0.5, 0.6) is 0 Å². The highest BCUT2D eigenvalue weighted by atomic mass is 32.2. The van der Waals surface area contributed by atoms with Crippen LogP contribution < -0.4 is 4.72 Å². The fourth-order valence-corrected chi connectivity index (χ4v) is 3.21. The Morgan fingerprint density at radius 2 is 2.10 bits per heavy atom. The number of nitrogens with one attached hydrogen (secondary N) is 1. The lowest BCUT2D eigenvalue weighted by Crippen LogP contribution is -2.27. The van der Waals surface area contributed by atoms with E-state index in [0.29, 0.717) is 25.8 Å². The molecule has 0 aliphatic carbocycles. The zero-order chi connectivity index (χ0) is 14.4. The standard InChI is InChI=1S/C13H20N4O2S/c1-2-3-11-20(18,19)14-9-6-8-13-16-15-12-7-4-5-10-17(12)13/h4-5,7,10,14H,2-3,6,8-9,11H2,1H3. The average Bonchev–Trinajstić information content (AvgIpc) is 2.85. The lowest BCUT2D eigenvalue weighted by Gasteiger charge is -2.05. The first-order chi connectivity index (χ1) is 9.62. The minimum atomic E-state index is -3.12. The molecular formula is C13H20N4O2S. The molecule has 0 bridgehead atoms. The second kappa shape index (κ2) is 6.81. The molecule has 0 saturated heterocycles. The van der Waals surface area contributed by atoms with Crippen LogP contribution in [0.25, 0.3) is 5.65 Å². The maximum Gasteiger partial charge on any atom is 0.211 e. The number of aromatic nitrogens is 3. The number of nitrogens with zero attached hydrogens (tertiary/aromatic N) is 3. The smallest absolute Gasteiger partial charge is 0.211 e. The molecule has 110 valence electrons. The Hall–Kier alpha value is -1.47. The van der Waals surface area contributed by atoms with Crippen molar-refractivity contribution in [3.8, 4) is 0 Å². The summed E-state index contributed by atoms with van der Waals surface area (Å²) < 4.78 is 27.8. The van der Waals surface area contributed by atoms with Crippen molar-refractivity contribution in [3.05, 3.63) is 30.2 Å². The Kier molecular flexibility index (Phi) is 5.08. The van der Waals surface area contributed by atoms with E-state index >= 15 is 0 Å². The second-order valence-electron chi connectivity index (χ2n) is 4.72. The highest BCUT2D eigenvalue weighted by Gasteiger charge is 2.09. The molecule has 0 fully saturated rings. The number of sulfonamides is 1. The van der Waals surface area contributed by atoms with Gasteiger partial charge in [0.15, 0.2) is 5.65 Å². The van der Waals surface area contributed by atoms with Crippen molar-refractivity contribution < 1.29 is 8.42 Å². The summed E-state index contributed by atoms with van der Waals surface area (Å²) >= 11 is 0. The predicted molar refractivity (Wildman–Crippen MR) is 78.0 cm³/mol. The Morgan fingerprint density at radius 1 is 1.25 bits per heavy atom. The van der Waals surface area contributed by atoms with Crippen LogP contribution in [0.3, 0.4) is 0 Å². The molecule has 7 heteroatoms. The Labute approximate surface area is 119 Å². The van der Waals surface area contributed by atoms with Crippen LogP contribution in [0, 0.1) is 0 Å². The number of rotatable bonds is 8. The van der Waals surface area contributed by atoms with E-state index in [4.69, 9.17) is 0 Å². The summed E-state index contributed by atoms with van der Waals surface area (Å²) in [6.07, 6.45) is 4.90. The predicted octanol–water partition coefficient (Wildman–Crippen LogP) is 1.38. The van der Waals surface area contributed by atoms with Crippen LogP contribution in [0.4, 0.5) is 0 Å². The highest BCUT2D eigenvalue weighted by Crippen LogP contribution is 2.04. The highest BCUT2D eigenvalue weighted by molar-refractivity contribution is 7.89. The Bertz CT molecular complexity index is 651. The molecule has 2 aromatic heterocycles. The zero-order valence-electron chi connectivity index (χ0n) is 11.6. The molecule has 6 nitrogen and oxygen atoms in total. The quantitative estimate of drug-likeness (QED) is 0.747. The van der Waals surface area contributed by atoms with Gasteiger partial charge in [-0.3, -0.25) is 4.40 Å². The Balaban J connectivity index is 1.82. The zero-order valence-corrected chi connectivity index (χ0v) is 12.4. The van der Waals surface area contributed by atoms with Crippen molar-refractivity contribution in [2.45, 2.75) is 32.6 Å². The molecule has 20 heavy (non-hydrogen) atoms. The van der Waals surface area contributed by atoms with Gasteiger partial charge in [-0.15, -0.1) is 10.2 Å². The van der Waals surface area contributed by atoms with Gasteiger partial charge in [0.1, 0.15) is 5.82 Å². The number of pyridine rings is 1. The topological polar surface area (TPSA) is 76.4 Å². The first-order valence-corrected chi connectivity index (χ1v) is 8.53. The maximum atomic E-state index is 11.6. The second-order valence-corrected chi connectivity index (χ2v) is 6.64. The van der Waals surface area contributed by atoms with Crippen molar-refractivity contribution in [1.29, 1.82) is 0 Å². The summed E-state index contributed by atoms with van der Waals surface area (Å²) in [5.74, 6) is 1.06. The summed E-state index contributed by atoms with van der Waals surface area (Å²) in [5, 5.41) is 8.18. The number of hydrogen-bond acceptors (Lipinski definition) is 4. The third kappa shape index (κ3) is 4.01. The van der Waals surface area contributed by atoms with Crippen LogP contribution in [0.2, 0.25) is 0 Å². The molecule has 0 unspecified atom stereocenters. The van der Waals surface area contributed by atoms with E-state index in [1.54, 1.807) is 0 Å². The van der Waals surface area contributed by atoms with Crippen molar-refractivity contribution in [3.63, 3.8) is 0 Å². The molecule has 0 saturated carbocycles. The van der Waals surface area contributed by atoms with Crippen molar-refractivity contribution in [1.82, 2.24) is 19.3 Å². The monoisotopic (exact) mass is 296 g/mol. The van der Waals surface area contributed by atoms with Crippen LogP contribution in [-0.4, -0.2) is 35.3 Å². The maximum absolute atomic E-state index is 11.6. The van der Waals surface area contributed by atoms with E-state index in [0.717, 1.165) is 17.9 Å². The molecule has 0 aliphatic rings. The third-order valence-electron chi connectivity index (χ3n) is 3.05. The van der Waals surface area contributed by atoms with Crippen LogP contribution >= 0.6 is 0 Å². The van der Waals surface area contributed by atoms with Crippen LogP contribution in [0.1, 0.15) is 32.0 Å². The summed E-state index contributed by atoms with van der Waals surface area (Å²) in [6, 6.07) is 5.73. The lowest BCUT2D eigenvalue weighted by atomic mass is 10.3. The minimum absolute atomic E-state index is 0.206. The molecule has 1 N–H and O–H groups in total.